The molecule has 0 saturated carbocycles. The topological polar surface area (TPSA) is 87.6 Å². The van der Waals surface area contributed by atoms with Crippen molar-refractivity contribution in [3.05, 3.63) is 64.2 Å². The fraction of sp³-hybridized carbons (Fsp3) is 0.250. The zero-order chi connectivity index (χ0) is 15.9. The molecule has 0 bridgehead atoms. The molecule has 2 rings (SSSR count). The van der Waals surface area contributed by atoms with E-state index in [0.717, 1.165) is 5.56 Å². The highest BCUT2D eigenvalue weighted by molar-refractivity contribution is 5.40. The lowest BCUT2D eigenvalue weighted by Crippen LogP contribution is -2.29. The summed E-state index contributed by atoms with van der Waals surface area (Å²) in [6.45, 7) is 0.292. The zero-order valence-electron chi connectivity index (χ0n) is 12.3. The standard InChI is InChI=1S/C16H18N2O4/c1-21-15-7-2-3-8-16(15)22-14(11-17)10-12-5-4-6-13(9-12)18(19)20/h2-9,14H,10-11,17H2,1H3. The summed E-state index contributed by atoms with van der Waals surface area (Å²) in [4.78, 5) is 10.4. The number of nitrogens with zero attached hydrogens (tertiary/aromatic N) is 1. The number of nitro groups is 1. The normalized spacial score (nSPS) is 11.7. The van der Waals surface area contributed by atoms with E-state index >= 15 is 0 Å². The minimum atomic E-state index is -0.415. The van der Waals surface area contributed by atoms with Crippen molar-refractivity contribution in [3.8, 4) is 11.5 Å². The van der Waals surface area contributed by atoms with E-state index in [0.29, 0.717) is 24.5 Å². The number of nitro benzene ring substituents is 1. The average Bonchev–Trinajstić information content (AvgIpc) is 2.55. The molecule has 1 unspecified atom stereocenters. The molecule has 2 aromatic rings. The summed E-state index contributed by atoms with van der Waals surface area (Å²) in [5.41, 5.74) is 6.62. The van der Waals surface area contributed by atoms with E-state index in [9.17, 15) is 10.1 Å². The number of benzene rings is 2. The lowest BCUT2D eigenvalue weighted by atomic mass is 10.1. The van der Waals surface area contributed by atoms with Gasteiger partial charge in [-0.05, 0) is 17.7 Å². The van der Waals surface area contributed by atoms with Crippen LogP contribution < -0.4 is 15.2 Å². The van der Waals surface area contributed by atoms with Crippen LogP contribution in [-0.2, 0) is 6.42 Å². The highest BCUT2D eigenvalue weighted by Crippen LogP contribution is 2.27. The highest BCUT2D eigenvalue weighted by atomic mass is 16.6. The van der Waals surface area contributed by atoms with Gasteiger partial charge >= 0.3 is 0 Å². The van der Waals surface area contributed by atoms with Gasteiger partial charge in [-0.2, -0.15) is 0 Å². The van der Waals surface area contributed by atoms with E-state index < -0.39 is 4.92 Å². The molecule has 2 aromatic carbocycles. The maximum atomic E-state index is 10.8. The molecule has 116 valence electrons. The number of nitrogens with two attached hydrogens (primary N) is 1. The molecule has 6 nitrogen and oxygen atoms in total. The molecule has 0 aliphatic rings. The van der Waals surface area contributed by atoms with E-state index in [1.807, 2.05) is 18.2 Å². The molecule has 0 radical (unpaired) electrons. The Labute approximate surface area is 128 Å². The number of hydrogen-bond donors (Lipinski definition) is 1. The first kappa shape index (κ1) is 15.8. The van der Waals surface area contributed by atoms with Crippen molar-refractivity contribution in [2.24, 2.45) is 5.73 Å². The van der Waals surface area contributed by atoms with Gasteiger partial charge in [0.2, 0.25) is 0 Å². The van der Waals surface area contributed by atoms with Gasteiger partial charge in [-0.1, -0.05) is 24.3 Å². The van der Waals surface area contributed by atoms with Crippen molar-refractivity contribution in [1.82, 2.24) is 0 Å². The van der Waals surface area contributed by atoms with Gasteiger partial charge in [0, 0.05) is 25.1 Å². The second kappa shape index (κ2) is 7.42. The van der Waals surface area contributed by atoms with Gasteiger partial charge in [0.05, 0.1) is 12.0 Å². The molecule has 0 heterocycles. The Bertz CT molecular complexity index is 646. The van der Waals surface area contributed by atoms with Gasteiger partial charge in [-0.3, -0.25) is 10.1 Å². The summed E-state index contributed by atoms with van der Waals surface area (Å²) in [5.74, 6) is 1.23. The molecule has 22 heavy (non-hydrogen) atoms. The Morgan fingerprint density at radius 1 is 1.18 bits per heavy atom. The van der Waals surface area contributed by atoms with Gasteiger partial charge in [0.1, 0.15) is 6.10 Å². The van der Waals surface area contributed by atoms with Crippen LogP contribution in [-0.4, -0.2) is 24.7 Å². The van der Waals surface area contributed by atoms with Crippen molar-refractivity contribution in [2.45, 2.75) is 12.5 Å². The lowest BCUT2D eigenvalue weighted by molar-refractivity contribution is -0.384. The molecule has 0 amide bonds. The van der Waals surface area contributed by atoms with Gasteiger partial charge in [-0.25, -0.2) is 0 Å². The fourth-order valence-corrected chi connectivity index (χ4v) is 2.13. The number of methoxy groups -OCH3 is 1. The van der Waals surface area contributed by atoms with Crippen LogP contribution >= 0.6 is 0 Å². The Kier molecular flexibility index (Phi) is 5.32. The molecule has 0 saturated heterocycles. The van der Waals surface area contributed by atoms with Gasteiger partial charge in [-0.15, -0.1) is 0 Å². The van der Waals surface area contributed by atoms with Crippen LogP contribution in [0.4, 0.5) is 5.69 Å². The number of ether oxygens (including phenoxy) is 2. The monoisotopic (exact) mass is 302 g/mol. The molecular formula is C16H18N2O4. The third kappa shape index (κ3) is 3.95. The third-order valence-electron chi connectivity index (χ3n) is 3.21. The van der Waals surface area contributed by atoms with Crippen LogP contribution in [0.5, 0.6) is 11.5 Å². The second-order valence-electron chi connectivity index (χ2n) is 4.76. The summed E-state index contributed by atoms with van der Waals surface area (Å²) in [5, 5.41) is 10.8. The van der Waals surface area contributed by atoms with Crippen LogP contribution in [0.2, 0.25) is 0 Å². The fourth-order valence-electron chi connectivity index (χ4n) is 2.13. The maximum Gasteiger partial charge on any atom is 0.269 e. The Morgan fingerprint density at radius 3 is 2.55 bits per heavy atom. The zero-order valence-corrected chi connectivity index (χ0v) is 12.3. The SMILES string of the molecule is COc1ccccc1OC(CN)Cc1cccc([N+](=O)[O-])c1. The Morgan fingerprint density at radius 2 is 1.91 bits per heavy atom. The first-order chi connectivity index (χ1) is 10.6. The van der Waals surface area contributed by atoms with Crippen LogP contribution in [0.15, 0.2) is 48.5 Å². The number of hydrogen-bond acceptors (Lipinski definition) is 5. The minimum Gasteiger partial charge on any atom is -0.493 e. The molecule has 0 fully saturated rings. The average molecular weight is 302 g/mol. The highest BCUT2D eigenvalue weighted by Gasteiger charge is 2.14. The quantitative estimate of drug-likeness (QED) is 0.627. The van der Waals surface area contributed by atoms with E-state index in [-0.39, 0.29) is 11.8 Å². The number of rotatable bonds is 7. The van der Waals surface area contributed by atoms with Crippen molar-refractivity contribution in [2.75, 3.05) is 13.7 Å². The predicted molar refractivity (Wildman–Crippen MR) is 83.3 cm³/mol. The van der Waals surface area contributed by atoms with Crippen molar-refractivity contribution >= 4 is 5.69 Å². The van der Waals surface area contributed by atoms with Crippen LogP contribution in [0.1, 0.15) is 5.56 Å². The summed E-state index contributed by atoms with van der Waals surface area (Å²) in [7, 11) is 1.57. The molecule has 0 aliphatic carbocycles. The van der Waals surface area contributed by atoms with E-state index in [1.165, 1.54) is 12.1 Å². The first-order valence-electron chi connectivity index (χ1n) is 6.87. The van der Waals surface area contributed by atoms with Gasteiger partial charge < -0.3 is 15.2 Å². The smallest absolute Gasteiger partial charge is 0.269 e. The molecule has 0 aliphatic heterocycles. The van der Waals surface area contributed by atoms with E-state index in [4.69, 9.17) is 15.2 Å². The molecule has 6 heteroatoms. The van der Waals surface area contributed by atoms with Crippen LogP contribution in [0.3, 0.4) is 0 Å². The molecule has 1 atom stereocenters. The van der Waals surface area contributed by atoms with Crippen molar-refractivity contribution in [3.63, 3.8) is 0 Å². The largest absolute Gasteiger partial charge is 0.493 e. The number of non-ortho nitro benzene ring substituents is 1. The molecular weight excluding hydrogens is 284 g/mol. The van der Waals surface area contributed by atoms with Crippen molar-refractivity contribution in [1.29, 1.82) is 0 Å². The summed E-state index contributed by atoms with van der Waals surface area (Å²) < 4.78 is 11.1. The molecule has 0 spiro atoms. The third-order valence-corrected chi connectivity index (χ3v) is 3.21. The predicted octanol–water partition coefficient (Wildman–Crippen LogP) is 2.55. The molecule has 0 aromatic heterocycles. The Hall–Kier alpha value is -2.60. The molecule has 2 N–H and O–H groups in total. The van der Waals surface area contributed by atoms with Crippen molar-refractivity contribution < 1.29 is 14.4 Å². The van der Waals surface area contributed by atoms with E-state index in [1.54, 1.807) is 25.3 Å². The summed E-state index contributed by atoms with van der Waals surface area (Å²) in [6, 6.07) is 13.8. The second-order valence-corrected chi connectivity index (χ2v) is 4.76. The first-order valence-corrected chi connectivity index (χ1v) is 6.87. The maximum absolute atomic E-state index is 10.8. The van der Waals surface area contributed by atoms with Crippen LogP contribution in [0.25, 0.3) is 0 Å². The van der Waals surface area contributed by atoms with Gasteiger partial charge in [0.25, 0.3) is 5.69 Å². The van der Waals surface area contributed by atoms with Crippen LogP contribution in [0, 0.1) is 10.1 Å². The minimum absolute atomic E-state index is 0.0607. The summed E-state index contributed by atoms with van der Waals surface area (Å²) >= 11 is 0. The Balaban J connectivity index is 2.12. The van der Waals surface area contributed by atoms with Gasteiger partial charge in [0.15, 0.2) is 11.5 Å². The lowest BCUT2D eigenvalue weighted by Gasteiger charge is -2.19. The number of para-hydroxylation sites is 2. The summed E-state index contributed by atoms with van der Waals surface area (Å²) in [6.07, 6.45) is 0.189. The van der Waals surface area contributed by atoms with E-state index in [2.05, 4.69) is 0 Å².